The Balaban J connectivity index is 2.69. The maximum Gasteiger partial charge on any atom is 0.251 e. The van der Waals surface area contributed by atoms with Crippen molar-refractivity contribution in [2.75, 3.05) is 5.33 Å². The zero-order valence-electron chi connectivity index (χ0n) is 9.46. The van der Waals surface area contributed by atoms with E-state index in [1.807, 2.05) is 13.8 Å². The van der Waals surface area contributed by atoms with Gasteiger partial charge in [-0.1, -0.05) is 15.9 Å². The quantitative estimate of drug-likeness (QED) is 0.836. The lowest BCUT2D eigenvalue weighted by Crippen LogP contribution is -2.43. The summed E-state index contributed by atoms with van der Waals surface area (Å²) >= 11 is 3.36. The zero-order chi connectivity index (χ0) is 12.2. The first-order valence-electron chi connectivity index (χ1n) is 5.12. The summed E-state index contributed by atoms with van der Waals surface area (Å²) in [6, 6.07) is 6.22. The summed E-state index contributed by atoms with van der Waals surface area (Å²) in [4.78, 5) is 11.8. The molecule has 0 bridgehead atoms. The molecule has 0 radical (unpaired) electrons. The highest BCUT2D eigenvalue weighted by molar-refractivity contribution is 9.09. The Morgan fingerprint density at radius 1 is 1.38 bits per heavy atom. The van der Waals surface area contributed by atoms with Gasteiger partial charge in [0.05, 0.1) is 0 Å². The van der Waals surface area contributed by atoms with Gasteiger partial charge in [-0.2, -0.15) is 0 Å². The molecule has 1 rings (SSSR count). The van der Waals surface area contributed by atoms with Crippen LogP contribution < -0.4 is 5.32 Å². The van der Waals surface area contributed by atoms with Crippen molar-refractivity contribution in [3.05, 3.63) is 29.8 Å². The molecule has 0 heterocycles. The number of phenols is 1. The van der Waals surface area contributed by atoms with Crippen molar-refractivity contribution in [1.29, 1.82) is 0 Å². The number of benzene rings is 1. The lowest BCUT2D eigenvalue weighted by Gasteiger charge is -2.25. The first-order chi connectivity index (χ1) is 7.44. The zero-order valence-corrected chi connectivity index (χ0v) is 11.0. The number of aromatic hydroxyl groups is 1. The predicted molar refractivity (Wildman–Crippen MR) is 68.1 cm³/mol. The summed E-state index contributed by atoms with van der Waals surface area (Å²) in [5, 5.41) is 12.9. The largest absolute Gasteiger partial charge is 0.508 e. The number of alkyl halides is 1. The minimum absolute atomic E-state index is 0.119. The fourth-order valence-corrected chi connectivity index (χ4v) is 2.28. The van der Waals surface area contributed by atoms with Gasteiger partial charge < -0.3 is 10.4 Å². The highest BCUT2D eigenvalue weighted by Crippen LogP contribution is 2.13. The summed E-state index contributed by atoms with van der Waals surface area (Å²) < 4.78 is 0. The topological polar surface area (TPSA) is 49.3 Å². The minimum Gasteiger partial charge on any atom is -0.508 e. The average molecular weight is 286 g/mol. The van der Waals surface area contributed by atoms with Crippen LogP contribution in [0.15, 0.2) is 24.3 Å². The van der Waals surface area contributed by atoms with Gasteiger partial charge in [-0.05, 0) is 44.5 Å². The van der Waals surface area contributed by atoms with E-state index >= 15 is 0 Å². The second kappa shape index (κ2) is 5.34. The highest BCUT2D eigenvalue weighted by atomic mass is 79.9. The van der Waals surface area contributed by atoms with E-state index in [9.17, 15) is 4.79 Å². The highest BCUT2D eigenvalue weighted by Gasteiger charge is 2.20. The number of rotatable bonds is 4. The molecule has 1 aromatic carbocycles. The number of phenolic OH excluding ortho intramolecular Hbond substituents is 1. The predicted octanol–water partition coefficient (Wildman–Crippen LogP) is 2.69. The van der Waals surface area contributed by atoms with Crippen LogP contribution in [0.25, 0.3) is 0 Å². The van der Waals surface area contributed by atoms with E-state index in [2.05, 4.69) is 21.2 Å². The van der Waals surface area contributed by atoms with Gasteiger partial charge in [-0.25, -0.2) is 0 Å². The molecule has 2 N–H and O–H groups in total. The Kier molecular flexibility index (Phi) is 4.35. The third-order valence-electron chi connectivity index (χ3n) is 2.30. The summed E-state index contributed by atoms with van der Waals surface area (Å²) in [6.07, 6.45) is 0.858. The van der Waals surface area contributed by atoms with Crippen LogP contribution in [0.4, 0.5) is 0 Å². The second-order valence-electron chi connectivity index (χ2n) is 4.32. The third-order valence-corrected chi connectivity index (χ3v) is 2.70. The second-order valence-corrected chi connectivity index (χ2v) is 5.12. The molecule has 0 saturated heterocycles. The molecule has 4 heteroatoms. The van der Waals surface area contributed by atoms with Crippen molar-refractivity contribution in [1.82, 2.24) is 5.32 Å². The fourth-order valence-electron chi connectivity index (χ4n) is 1.29. The Hall–Kier alpha value is -1.03. The maximum atomic E-state index is 11.8. The number of carbonyl (C=O) groups is 1. The van der Waals surface area contributed by atoms with Crippen LogP contribution in [0.3, 0.4) is 0 Å². The number of nitrogens with one attached hydrogen (secondary N) is 1. The van der Waals surface area contributed by atoms with Gasteiger partial charge in [0.1, 0.15) is 5.75 Å². The van der Waals surface area contributed by atoms with E-state index in [1.54, 1.807) is 12.1 Å². The number of hydrogen-bond acceptors (Lipinski definition) is 2. The molecule has 0 aromatic heterocycles. The number of carbonyl (C=O) groups excluding carboxylic acids is 1. The molecule has 0 saturated carbocycles. The van der Waals surface area contributed by atoms with Crippen molar-refractivity contribution in [3.63, 3.8) is 0 Å². The molecule has 0 fully saturated rings. The van der Waals surface area contributed by atoms with Gasteiger partial charge >= 0.3 is 0 Å². The first kappa shape index (κ1) is 13.0. The van der Waals surface area contributed by atoms with Crippen LogP contribution in [0.1, 0.15) is 30.6 Å². The first-order valence-corrected chi connectivity index (χ1v) is 6.24. The van der Waals surface area contributed by atoms with Crippen LogP contribution in [0, 0.1) is 0 Å². The fraction of sp³-hybridized carbons (Fsp3) is 0.417. The van der Waals surface area contributed by atoms with Crippen molar-refractivity contribution in [2.45, 2.75) is 25.8 Å². The van der Waals surface area contributed by atoms with Crippen molar-refractivity contribution in [2.24, 2.45) is 0 Å². The lowest BCUT2D eigenvalue weighted by atomic mass is 10.0. The standard InChI is InChI=1S/C12H16BrNO2/c1-12(2,7-8-13)14-11(16)9-3-5-10(15)6-4-9/h3-6,15H,7-8H2,1-2H3,(H,14,16). The van der Waals surface area contributed by atoms with Gasteiger partial charge in [0.15, 0.2) is 0 Å². The molecule has 1 amide bonds. The average Bonchev–Trinajstić information content (AvgIpc) is 2.17. The lowest BCUT2D eigenvalue weighted by molar-refractivity contribution is 0.0912. The summed E-state index contributed by atoms with van der Waals surface area (Å²) in [6.45, 7) is 3.96. The summed E-state index contributed by atoms with van der Waals surface area (Å²) in [5.74, 6) is 0.0437. The van der Waals surface area contributed by atoms with Crippen LogP contribution >= 0.6 is 15.9 Å². The van der Waals surface area contributed by atoms with Gasteiger partial charge in [0.2, 0.25) is 0 Å². The minimum atomic E-state index is -0.238. The summed E-state index contributed by atoms with van der Waals surface area (Å²) in [7, 11) is 0. The van der Waals surface area contributed by atoms with E-state index in [-0.39, 0.29) is 17.2 Å². The van der Waals surface area contributed by atoms with E-state index in [0.29, 0.717) is 5.56 Å². The third kappa shape index (κ3) is 3.85. The molecule has 0 aliphatic heterocycles. The van der Waals surface area contributed by atoms with E-state index < -0.39 is 0 Å². The van der Waals surface area contributed by atoms with Gasteiger partial charge in [0, 0.05) is 16.4 Å². The van der Waals surface area contributed by atoms with Crippen LogP contribution in [0.5, 0.6) is 5.75 Å². The Bertz CT molecular complexity index is 360. The van der Waals surface area contributed by atoms with Gasteiger partial charge in [0.25, 0.3) is 5.91 Å². The SMILES string of the molecule is CC(C)(CCBr)NC(=O)c1ccc(O)cc1. The molecular weight excluding hydrogens is 270 g/mol. The number of amides is 1. The van der Waals surface area contributed by atoms with Crippen molar-refractivity contribution in [3.8, 4) is 5.75 Å². The van der Waals surface area contributed by atoms with Crippen LogP contribution in [-0.2, 0) is 0 Å². The molecule has 0 aliphatic rings. The van der Waals surface area contributed by atoms with Crippen LogP contribution in [-0.4, -0.2) is 21.9 Å². The van der Waals surface area contributed by atoms with Crippen molar-refractivity contribution < 1.29 is 9.90 Å². The van der Waals surface area contributed by atoms with Gasteiger partial charge in [-0.3, -0.25) is 4.79 Å². The normalized spacial score (nSPS) is 11.2. The molecule has 0 atom stereocenters. The number of halogens is 1. The maximum absolute atomic E-state index is 11.8. The molecule has 0 aliphatic carbocycles. The van der Waals surface area contributed by atoms with Gasteiger partial charge in [-0.15, -0.1) is 0 Å². The Labute approximate surface area is 104 Å². The molecule has 0 unspecified atom stereocenters. The van der Waals surface area contributed by atoms with E-state index in [4.69, 9.17) is 5.11 Å². The molecule has 1 aromatic rings. The Morgan fingerprint density at radius 3 is 2.44 bits per heavy atom. The molecular formula is C12H16BrNO2. The Morgan fingerprint density at radius 2 is 1.94 bits per heavy atom. The smallest absolute Gasteiger partial charge is 0.251 e. The number of hydrogen-bond donors (Lipinski definition) is 2. The molecule has 3 nitrogen and oxygen atoms in total. The molecule has 16 heavy (non-hydrogen) atoms. The van der Waals surface area contributed by atoms with Crippen molar-refractivity contribution >= 4 is 21.8 Å². The van der Waals surface area contributed by atoms with E-state index in [0.717, 1.165) is 11.8 Å². The molecule has 88 valence electrons. The van der Waals surface area contributed by atoms with Crippen LogP contribution in [0.2, 0.25) is 0 Å². The summed E-state index contributed by atoms with van der Waals surface area (Å²) in [5.41, 5.74) is 0.318. The molecule has 0 spiro atoms. The van der Waals surface area contributed by atoms with E-state index in [1.165, 1.54) is 12.1 Å². The monoisotopic (exact) mass is 285 g/mol.